The highest BCUT2D eigenvalue weighted by Gasteiger charge is 2.36. The molecule has 2 N–H and O–H groups in total. The third kappa shape index (κ3) is 5.57. The molecule has 11 nitrogen and oxygen atoms in total. The predicted octanol–water partition coefficient (Wildman–Crippen LogP) is 2.61. The highest BCUT2D eigenvalue weighted by Crippen LogP contribution is 2.26. The van der Waals surface area contributed by atoms with Gasteiger partial charge >= 0.3 is 12.6 Å². The monoisotopic (exact) mass is 567 g/mol. The molecule has 0 unspecified atom stereocenters. The number of hydrogen-bond acceptors (Lipinski definition) is 5. The number of nitrogens with one attached hydrogen (secondary N) is 1. The van der Waals surface area contributed by atoms with Gasteiger partial charge in [0.25, 0.3) is 5.56 Å². The van der Waals surface area contributed by atoms with Gasteiger partial charge in [0.1, 0.15) is 5.75 Å². The minimum Gasteiger partial charge on any atom is -0.434 e. The Labute approximate surface area is 234 Å². The number of ether oxygens (including phenoxy) is 1. The molecular formula is C28H31F2N7O4. The summed E-state index contributed by atoms with van der Waals surface area (Å²) in [5.41, 5.74) is 2.89. The van der Waals surface area contributed by atoms with Gasteiger partial charge in [0.15, 0.2) is 0 Å². The van der Waals surface area contributed by atoms with Crippen molar-refractivity contribution in [2.75, 3.05) is 26.2 Å². The number of alkyl halides is 2. The van der Waals surface area contributed by atoms with Crippen LogP contribution in [0.25, 0.3) is 16.5 Å². The highest BCUT2D eigenvalue weighted by molar-refractivity contribution is 5.87. The van der Waals surface area contributed by atoms with Crippen LogP contribution in [0.2, 0.25) is 0 Å². The number of urea groups is 1. The molecule has 5 rings (SSSR count). The van der Waals surface area contributed by atoms with Gasteiger partial charge in [0.05, 0.1) is 30.1 Å². The molecule has 1 atom stereocenters. The predicted molar refractivity (Wildman–Crippen MR) is 151 cm³/mol. The Morgan fingerprint density at radius 2 is 2.05 bits per heavy atom. The molecule has 216 valence electrons. The number of hydrogen-bond donors (Lipinski definition) is 2. The normalized spacial score (nSPS) is 17.8. The van der Waals surface area contributed by atoms with Crippen LogP contribution in [0.1, 0.15) is 23.6 Å². The largest absolute Gasteiger partial charge is 0.434 e. The van der Waals surface area contributed by atoms with E-state index in [0.717, 1.165) is 11.1 Å². The van der Waals surface area contributed by atoms with Crippen molar-refractivity contribution in [3.8, 4) is 5.75 Å². The average Bonchev–Trinajstić information content (AvgIpc) is 3.45. The first-order chi connectivity index (χ1) is 19.7. The van der Waals surface area contributed by atoms with E-state index in [9.17, 15) is 23.5 Å². The van der Waals surface area contributed by atoms with E-state index in [1.54, 1.807) is 30.1 Å². The third-order valence-electron chi connectivity index (χ3n) is 7.49. The summed E-state index contributed by atoms with van der Waals surface area (Å²) in [5, 5.41) is 12.9. The molecule has 2 aromatic carbocycles. The van der Waals surface area contributed by atoms with E-state index in [1.165, 1.54) is 16.8 Å². The van der Waals surface area contributed by atoms with E-state index >= 15 is 0 Å². The summed E-state index contributed by atoms with van der Waals surface area (Å²) in [7, 11) is 1.60. The van der Waals surface area contributed by atoms with Crippen molar-refractivity contribution in [2.45, 2.75) is 32.7 Å². The van der Waals surface area contributed by atoms with Crippen molar-refractivity contribution < 1.29 is 23.4 Å². The quantitative estimate of drug-likeness (QED) is 0.336. The number of guanidine groups is 1. The van der Waals surface area contributed by atoms with Gasteiger partial charge in [-0.2, -0.15) is 8.78 Å². The third-order valence-corrected chi connectivity index (χ3v) is 7.49. The fourth-order valence-corrected chi connectivity index (χ4v) is 5.27. The molecule has 2 fully saturated rings. The summed E-state index contributed by atoms with van der Waals surface area (Å²) in [5.74, 6) is 0.424. The zero-order valence-corrected chi connectivity index (χ0v) is 22.8. The van der Waals surface area contributed by atoms with Gasteiger partial charge in [-0.1, -0.05) is 12.1 Å². The Balaban J connectivity index is 1.45. The number of halogens is 2. The lowest BCUT2D eigenvalue weighted by molar-refractivity contribution is -0.0505. The first-order valence-electron chi connectivity index (χ1n) is 13.1. The molecule has 0 bridgehead atoms. The first kappa shape index (κ1) is 28.0. The number of carbonyl (C=O) groups is 1. The van der Waals surface area contributed by atoms with E-state index in [0.29, 0.717) is 54.2 Å². The Morgan fingerprint density at radius 3 is 2.78 bits per heavy atom. The molecule has 2 saturated heterocycles. The Morgan fingerprint density at radius 1 is 1.24 bits per heavy atom. The van der Waals surface area contributed by atoms with Crippen LogP contribution in [0.4, 0.5) is 13.6 Å². The van der Waals surface area contributed by atoms with Gasteiger partial charge < -0.3 is 25.0 Å². The van der Waals surface area contributed by atoms with Gasteiger partial charge in [-0.15, -0.1) is 0 Å². The lowest BCUT2D eigenvalue weighted by Gasteiger charge is -2.36. The minimum absolute atomic E-state index is 0.0314. The van der Waals surface area contributed by atoms with Crippen molar-refractivity contribution in [1.29, 1.82) is 0 Å². The molecule has 0 radical (unpaired) electrons. The van der Waals surface area contributed by atoms with Gasteiger partial charge in [0.2, 0.25) is 5.96 Å². The summed E-state index contributed by atoms with van der Waals surface area (Å²) in [6.07, 6.45) is 1.68. The number of aliphatic hydroxyl groups excluding tert-OH is 1. The number of amides is 2. The molecule has 0 aliphatic carbocycles. The summed E-state index contributed by atoms with van der Waals surface area (Å²) >= 11 is 0. The maximum atomic E-state index is 13.1. The van der Waals surface area contributed by atoms with Crippen molar-refractivity contribution >= 4 is 35.2 Å². The summed E-state index contributed by atoms with van der Waals surface area (Å²) in [6, 6.07) is 9.87. The topological polar surface area (TPSA) is 117 Å². The van der Waals surface area contributed by atoms with Crippen LogP contribution < -0.4 is 15.6 Å². The van der Waals surface area contributed by atoms with Gasteiger partial charge in [-0.25, -0.2) is 14.8 Å². The van der Waals surface area contributed by atoms with Crippen molar-refractivity contribution in [1.82, 2.24) is 24.5 Å². The van der Waals surface area contributed by atoms with Crippen LogP contribution in [-0.4, -0.2) is 81.8 Å². The second-order valence-corrected chi connectivity index (χ2v) is 9.98. The van der Waals surface area contributed by atoms with Gasteiger partial charge in [-0.3, -0.25) is 14.2 Å². The maximum absolute atomic E-state index is 13.1. The zero-order valence-electron chi connectivity index (χ0n) is 22.8. The molecular weight excluding hydrogens is 536 g/mol. The summed E-state index contributed by atoms with van der Waals surface area (Å²) in [6.45, 7) is 4.66. The van der Waals surface area contributed by atoms with Crippen molar-refractivity contribution in [3.63, 3.8) is 0 Å². The van der Waals surface area contributed by atoms with Crippen molar-refractivity contribution in [3.05, 3.63) is 69.6 Å². The molecule has 0 spiro atoms. The fraction of sp³-hybridized carbons (Fsp3) is 0.357. The van der Waals surface area contributed by atoms with Crippen LogP contribution in [-0.2, 0) is 20.2 Å². The average molecular weight is 568 g/mol. The second-order valence-electron chi connectivity index (χ2n) is 9.98. The first-order valence-corrected chi connectivity index (χ1v) is 13.1. The molecule has 3 aromatic rings. The van der Waals surface area contributed by atoms with Crippen LogP contribution in [0, 0.1) is 0 Å². The van der Waals surface area contributed by atoms with E-state index < -0.39 is 6.61 Å². The number of fused-ring (bicyclic) bond motifs is 2. The fourth-order valence-electron chi connectivity index (χ4n) is 5.27. The molecule has 2 amide bonds. The van der Waals surface area contributed by atoms with Crippen LogP contribution >= 0.6 is 0 Å². The van der Waals surface area contributed by atoms with E-state index in [2.05, 4.69) is 22.0 Å². The number of aromatic nitrogens is 2. The molecule has 2 aliphatic heterocycles. The second kappa shape index (κ2) is 11.5. The number of piperazine rings is 1. The SMILES string of the molecule is C=NC(=N/C=C(\C)c1ccc2c(=O)n(C)n(Cc3cc(CO)ccc3OC(F)F)c2c1)N1CCN2C(=O)NC[C@@H]2C1. The lowest BCUT2D eigenvalue weighted by Crippen LogP contribution is -2.53. The smallest absolute Gasteiger partial charge is 0.387 e. The van der Waals surface area contributed by atoms with E-state index in [1.807, 2.05) is 28.9 Å². The molecule has 41 heavy (non-hydrogen) atoms. The number of aliphatic imine (C=N–C) groups is 2. The molecule has 13 heteroatoms. The standard InChI is InChI=1S/C28H31F2N7O4/c1-17(12-32-27(31-2)35-8-9-36-21(15-35)13-33-28(36)40)19-5-6-22-23(11-19)37(34(3)25(22)39)14-20-10-18(16-38)4-7-24(20)41-26(29)30/h4-7,10-12,21,26,38H,2,8-9,13-16H2,1,3H3,(H,33,40)/b17-12+,32-27?/t21-/m1/s1. The Hall–Kier alpha value is -4.52. The molecule has 2 aliphatic rings. The van der Waals surface area contributed by atoms with Crippen LogP contribution in [0.15, 0.2) is 57.4 Å². The van der Waals surface area contributed by atoms with E-state index in [4.69, 9.17) is 4.74 Å². The number of aliphatic hydroxyl groups is 1. The van der Waals surface area contributed by atoms with E-state index in [-0.39, 0.29) is 36.5 Å². The van der Waals surface area contributed by atoms with Gasteiger partial charge in [0, 0.05) is 45.0 Å². The summed E-state index contributed by atoms with van der Waals surface area (Å²) in [4.78, 5) is 37.4. The highest BCUT2D eigenvalue weighted by atomic mass is 19.3. The lowest BCUT2D eigenvalue weighted by atomic mass is 10.1. The van der Waals surface area contributed by atoms with Crippen molar-refractivity contribution in [2.24, 2.45) is 17.0 Å². The molecule has 1 aromatic heterocycles. The zero-order chi connectivity index (χ0) is 29.3. The Kier molecular flexibility index (Phi) is 7.88. The van der Waals surface area contributed by atoms with Gasteiger partial charge in [-0.05, 0) is 54.6 Å². The summed E-state index contributed by atoms with van der Waals surface area (Å²) < 4.78 is 33.9. The number of nitrogens with zero attached hydrogens (tertiary/aromatic N) is 6. The number of benzene rings is 2. The van der Waals surface area contributed by atoms with Crippen LogP contribution in [0.3, 0.4) is 0 Å². The number of allylic oxidation sites excluding steroid dienone is 1. The minimum atomic E-state index is -3.02. The Bertz CT molecular complexity index is 1610. The number of carbonyl (C=O) groups excluding carboxylic acids is 1. The maximum Gasteiger partial charge on any atom is 0.387 e. The molecule has 0 saturated carbocycles. The van der Waals surface area contributed by atoms with Crippen LogP contribution in [0.5, 0.6) is 5.75 Å². The number of rotatable bonds is 7. The molecule has 3 heterocycles.